The van der Waals surface area contributed by atoms with E-state index in [2.05, 4.69) is 68.6 Å². The highest BCUT2D eigenvalue weighted by Gasteiger charge is 2.35. The summed E-state index contributed by atoms with van der Waals surface area (Å²) in [4.78, 5) is 15.5. The van der Waals surface area contributed by atoms with Crippen LogP contribution in [0.1, 0.15) is 52.0 Å². The van der Waals surface area contributed by atoms with E-state index in [0.717, 1.165) is 34.5 Å². The van der Waals surface area contributed by atoms with Crippen LogP contribution in [0.5, 0.6) is 0 Å². The highest BCUT2D eigenvalue weighted by molar-refractivity contribution is 6.07. The van der Waals surface area contributed by atoms with E-state index in [-0.39, 0.29) is 18.0 Å². The third kappa shape index (κ3) is 3.65. The fourth-order valence-electron chi connectivity index (χ4n) is 4.28. The summed E-state index contributed by atoms with van der Waals surface area (Å²) in [7, 11) is 0. The quantitative estimate of drug-likeness (QED) is 0.583. The molecule has 1 aliphatic rings. The van der Waals surface area contributed by atoms with Crippen LogP contribution >= 0.6 is 0 Å². The van der Waals surface area contributed by atoms with E-state index in [1.54, 1.807) is 0 Å². The first-order valence-electron chi connectivity index (χ1n) is 10.3. The second-order valence-electron chi connectivity index (χ2n) is 8.15. The van der Waals surface area contributed by atoms with Crippen LogP contribution < -0.4 is 10.2 Å². The number of anilines is 2. The minimum absolute atomic E-state index is 0.0717. The maximum atomic E-state index is 13.5. The van der Waals surface area contributed by atoms with Gasteiger partial charge in [-0.15, -0.1) is 0 Å². The van der Waals surface area contributed by atoms with Crippen molar-refractivity contribution >= 4 is 17.3 Å². The van der Waals surface area contributed by atoms with E-state index in [1.807, 2.05) is 36.1 Å². The third-order valence-corrected chi connectivity index (χ3v) is 5.89. The molecule has 3 aromatic carbocycles. The molecule has 3 heteroatoms. The average Bonchev–Trinajstić information content (AvgIpc) is 2.70. The lowest BCUT2D eigenvalue weighted by atomic mass is 9.88. The smallest absolute Gasteiger partial charge is 0.258 e. The van der Waals surface area contributed by atoms with Crippen LogP contribution in [0, 0.1) is 20.8 Å². The summed E-state index contributed by atoms with van der Waals surface area (Å²) in [6.45, 7) is 8.41. The van der Waals surface area contributed by atoms with Gasteiger partial charge >= 0.3 is 0 Å². The fraction of sp³-hybridized carbons (Fsp3) is 0.269. The Morgan fingerprint density at radius 2 is 1.59 bits per heavy atom. The van der Waals surface area contributed by atoms with Crippen molar-refractivity contribution in [3.63, 3.8) is 0 Å². The number of hydrogen-bond donors (Lipinski definition) is 1. The molecule has 0 spiro atoms. The summed E-state index contributed by atoms with van der Waals surface area (Å²) in [6.07, 6.45) is 0.863. The number of hydrogen-bond acceptors (Lipinski definition) is 2. The highest BCUT2D eigenvalue weighted by Crippen LogP contribution is 2.41. The van der Waals surface area contributed by atoms with E-state index < -0.39 is 0 Å². The van der Waals surface area contributed by atoms with Gasteiger partial charge < -0.3 is 10.2 Å². The van der Waals surface area contributed by atoms with Crippen molar-refractivity contribution in [1.82, 2.24) is 0 Å². The number of carbonyl (C=O) groups excluding carboxylic acids is 1. The van der Waals surface area contributed by atoms with E-state index in [9.17, 15) is 4.79 Å². The lowest BCUT2D eigenvalue weighted by molar-refractivity contribution is 0.0974. The number of para-hydroxylation sites is 2. The maximum Gasteiger partial charge on any atom is 0.258 e. The Labute approximate surface area is 173 Å². The van der Waals surface area contributed by atoms with E-state index >= 15 is 0 Å². The van der Waals surface area contributed by atoms with Gasteiger partial charge in [0.25, 0.3) is 5.91 Å². The number of carbonyl (C=O) groups is 1. The molecule has 1 heterocycles. The molecule has 0 radical (unpaired) electrons. The van der Waals surface area contributed by atoms with Crippen LogP contribution in [0.4, 0.5) is 11.4 Å². The average molecular weight is 385 g/mol. The Morgan fingerprint density at radius 1 is 0.897 bits per heavy atom. The van der Waals surface area contributed by atoms with E-state index in [1.165, 1.54) is 11.1 Å². The van der Waals surface area contributed by atoms with Gasteiger partial charge in [-0.2, -0.15) is 0 Å². The normalized spacial score (nSPS) is 18.3. The SMILES string of the molecule is Cc1ccc(C(=O)N2c3c(C)cccc3[C@@H](Nc3ccccc3C)C[C@@H]2C)cc1. The van der Waals surface area contributed by atoms with Crippen molar-refractivity contribution in [2.75, 3.05) is 10.2 Å². The van der Waals surface area contributed by atoms with Crippen LogP contribution in [0.15, 0.2) is 66.7 Å². The molecule has 0 fully saturated rings. The zero-order valence-corrected chi connectivity index (χ0v) is 17.6. The zero-order valence-electron chi connectivity index (χ0n) is 17.6. The van der Waals surface area contributed by atoms with Gasteiger partial charge in [-0.25, -0.2) is 0 Å². The number of aryl methyl sites for hydroxylation is 3. The van der Waals surface area contributed by atoms with Gasteiger partial charge in [0.05, 0.1) is 11.7 Å². The molecule has 0 saturated heterocycles. The molecule has 1 N–H and O–H groups in total. The predicted molar refractivity (Wildman–Crippen MR) is 121 cm³/mol. The fourth-order valence-corrected chi connectivity index (χ4v) is 4.28. The van der Waals surface area contributed by atoms with Gasteiger partial charge in [-0.1, -0.05) is 54.1 Å². The monoisotopic (exact) mass is 384 g/mol. The van der Waals surface area contributed by atoms with Gasteiger partial charge in [0.2, 0.25) is 0 Å². The number of nitrogens with one attached hydrogen (secondary N) is 1. The van der Waals surface area contributed by atoms with Gasteiger partial charge in [0, 0.05) is 17.3 Å². The first-order valence-corrected chi connectivity index (χ1v) is 10.3. The Balaban J connectivity index is 1.74. The van der Waals surface area contributed by atoms with Crippen LogP contribution in [-0.2, 0) is 0 Å². The Morgan fingerprint density at radius 3 is 2.31 bits per heavy atom. The molecule has 0 aromatic heterocycles. The van der Waals surface area contributed by atoms with E-state index in [4.69, 9.17) is 0 Å². The molecular weight excluding hydrogens is 356 g/mol. The largest absolute Gasteiger partial charge is 0.378 e. The standard InChI is InChI=1S/C26H28N2O/c1-17-12-14-21(15-13-17)26(29)28-20(4)16-24(22-10-7-9-19(3)25(22)28)27-23-11-6-5-8-18(23)2/h5-15,20,24,27H,16H2,1-4H3/t20-,24-/m0/s1. The molecule has 29 heavy (non-hydrogen) atoms. The topological polar surface area (TPSA) is 32.3 Å². The molecule has 148 valence electrons. The summed E-state index contributed by atoms with van der Waals surface area (Å²) in [6, 6.07) is 22.8. The summed E-state index contributed by atoms with van der Waals surface area (Å²) in [5.41, 5.74) is 7.64. The number of amides is 1. The van der Waals surface area contributed by atoms with Crippen LogP contribution in [0.2, 0.25) is 0 Å². The molecule has 4 rings (SSSR count). The number of fused-ring (bicyclic) bond motifs is 1. The molecule has 0 aliphatic carbocycles. The summed E-state index contributed by atoms with van der Waals surface area (Å²) in [5, 5.41) is 3.73. The van der Waals surface area contributed by atoms with Crippen molar-refractivity contribution in [2.45, 2.75) is 46.2 Å². The molecule has 0 bridgehead atoms. The van der Waals surface area contributed by atoms with Crippen LogP contribution in [0.25, 0.3) is 0 Å². The van der Waals surface area contributed by atoms with Crippen molar-refractivity contribution < 1.29 is 4.79 Å². The lowest BCUT2D eigenvalue weighted by Crippen LogP contribution is -2.44. The Kier molecular flexibility index (Phi) is 5.14. The first-order chi connectivity index (χ1) is 14.0. The van der Waals surface area contributed by atoms with Gasteiger partial charge in [-0.3, -0.25) is 4.79 Å². The van der Waals surface area contributed by atoms with Crippen molar-refractivity contribution in [3.05, 3.63) is 94.5 Å². The Hall–Kier alpha value is -3.07. The number of nitrogens with zero attached hydrogens (tertiary/aromatic N) is 1. The minimum atomic E-state index is 0.0717. The maximum absolute atomic E-state index is 13.5. The molecule has 1 amide bonds. The lowest BCUT2D eigenvalue weighted by Gasteiger charge is -2.41. The number of rotatable bonds is 3. The predicted octanol–water partition coefficient (Wildman–Crippen LogP) is 6.20. The third-order valence-electron chi connectivity index (χ3n) is 5.89. The van der Waals surface area contributed by atoms with Crippen molar-refractivity contribution in [3.8, 4) is 0 Å². The first kappa shape index (κ1) is 19.3. The molecule has 0 saturated carbocycles. The van der Waals surface area contributed by atoms with Crippen molar-refractivity contribution in [1.29, 1.82) is 0 Å². The molecule has 1 aliphatic heterocycles. The zero-order chi connectivity index (χ0) is 20.5. The molecule has 3 aromatic rings. The van der Waals surface area contributed by atoms with Crippen LogP contribution in [-0.4, -0.2) is 11.9 Å². The highest BCUT2D eigenvalue weighted by atomic mass is 16.2. The molecule has 3 nitrogen and oxygen atoms in total. The summed E-state index contributed by atoms with van der Waals surface area (Å²) in [5.74, 6) is 0.0717. The van der Waals surface area contributed by atoms with Gasteiger partial charge in [-0.05, 0) is 69.0 Å². The second-order valence-corrected chi connectivity index (χ2v) is 8.15. The molecular formula is C26H28N2O. The van der Waals surface area contributed by atoms with Gasteiger partial charge in [0.15, 0.2) is 0 Å². The second kappa shape index (κ2) is 7.75. The molecule has 2 atom stereocenters. The summed E-state index contributed by atoms with van der Waals surface area (Å²) >= 11 is 0. The van der Waals surface area contributed by atoms with Crippen molar-refractivity contribution in [2.24, 2.45) is 0 Å². The minimum Gasteiger partial charge on any atom is -0.378 e. The van der Waals surface area contributed by atoms with Gasteiger partial charge in [0.1, 0.15) is 0 Å². The molecule has 0 unspecified atom stereocenters. The van der Waals surface area contributed by atoms with Crippen LogP contribution in [0.3, 0.4) is 0 Å². The summed E-state index contributed by atoms with van der Waals surface area (Å²) < 4.78 is 0. The van der Waals surface area contributed by atoms with E-state index in [0.29, 0.717) is 0 Å². The Bertz CT molecular complexity index is 1040. The number of benzene rings is 3.